The van der Waals surface area contributed by atoms with Crippen molar-refractivity contribution in [3.8, 4) is 0 Å². The predicted octanol–water partition coefficient (Wildman–Crippen LogP) is -0.529. The average molecular weight is 133 g/mol. The molecular formula is C4H7NO2S. The number of carboxylic acids is 1. The van der Waals surface area contributed by atoms with Crippen LogP contribution in [0.5, 0.6) is 0 Å². The van der Waals surface area contributed by atoms with Gasteiger partial charge in [0, 0.05) is 5.25 Å². The maximum atomic E-state index is 10.1. The zero-order valence-corrected chi connectivity index (χ0v) is 5.06. The van der Waals surface area contributed by atoms with E-state index < -0.39 is 11.5 Å². The molecule has 0 spiro atoms. The highest BCUT2D eigenvalue weighted by Gasteiger charge is 2.55. The number of hydrogen-bond acceptors (Lipinski definition) is 3. The Bertz CT molecular complexity index is 138. The largest absolute Gasteiger partial charge is 0.480 e. The van der Waals surface area contributed by atoms with Gasteiger partial charge < -0.3 is 10.8 Å². The molecule has 0 aromatic rings. The Morgan fingerprint density at radius 1 is 2.00 bits per heavy atom. The van der Waals surface area contributed by atoms with E-state index in [1.807, 2.05) is 0 Å². The van der Waals surface area contributed by atoms with Gasteiger partial charge in [-0.05, 0) is 6.42 Å². The fourth-order valence-electron chi connectivity index (χ4n) is 0.491. The lowest BCUT2D eigenvalue weighted by Gasteiger charge is -1.98. The van der Waals surface area contributed by atoms with Crippen LogP contribution in [0.15, 0.2) is 0 Å². The zero-order chi connectivity index (χ0) is 6.36. The minimum Gasteiger partial charge on any atom is -0.480 e. The van der Waals surface area contributed by atoms with Crippen LogP contribution < -0.4 is 5.73 Å². The van der Waals surface area contributed by atoms with Gasteiger partial charge in [0.15, 0.2) is 0 Å². The molecule has 4 heteroatoms. The van der Waals surface area contributed by atoms with Crippen molar-refractivity contribution in [2.75, 3.05) is 0 Å². The number of carbonyl (C=O) groups is 1. The Balaban J connectivity index is 2.60. The average Bonchev–Trinajstić information content (AvgIpc) is 2.17. The smallest absolute Gasteiger partial charge is 0.324 e. The summed E-state index contributed by atoms with van der Waals surface area (Å²) in [4.78, 5) is 10.1. The molecule has 0 bridgehead atoms. The second kappa shape index (κ2) is 1.39. The number of aliphatic carboxylic acids is 1. The van der Waals surface area contributed by atoms with Gasteiger partial charge in [-0.1, -0.05) is 0 Å². The van der Waals surface area contributed by atoms with E-state index in [1.54, 1.807) is 0 Å². The first kappa shape index (κ1) is 5.91. The Morgan fingerprint density at radius 2 is 2.38 bits per heavy atom. The van der Waals surface area contributed by atoms with Gasteiger partial charge >= 0.3 is 5.97 Å². The first-order valence-corrected chi connectivity index (χ1v) is 2.79. The van der Waals surface area contributed by atoms with Crippen LogP contribution in [-0.2, 0) is 4.79 Å². The Morgan fingerprint density at radius 3 is 2.38 bits per heavy atom. The van der Waals surface area contributed by atoms with Crippen molar-refractivity contribution in [1.82, 2.24) is 0 Å². The molecule has 2 atom stereocenters. The van der Waals surface area contributed by atoms with E-state index in [9.17, 15) is 4.79 Å². The molecule has 2 unspecified atom stereocenters. The minimum atomic E-state index is -1.01. The summed E-state index contributed by atoms with van der Waals surface area (Å²) in [5.74, 6) is -0.947. The predicted molar refractivity (Wildman–Crippen MR) is 31.9 cm³/mol. The van der Waals surface area contributed by atoms with Crippen molar-refractivity contribution < 1.29 is 9.90 Å². The molecular weight excluding hydrogens is 126 g/mol. The SMILES string of the molecule is NC1(C(=O)O)CC1S. The van der Waals surface area contributed by atoms with Gasteiger partial charge in [0.1, 0.15) is 5.54 Å². The Kier molecular flexibility index (Phi) is 1.02. The molecule has 0 radical (unpaired) electrons. The summed E-state index contributed by atoms with van der Waals surface area (Å²) in [6.45, 7) is 0. The maximum absolute atomic E-state index is 10.1. The van der Waals surface area contributed by atoms with Crippen LogP contribution in [0.4, 0.5) is 0 Å². The Labute approximate surface area is 52.3 Å². The van der Waals surface area contributed by atoms with Crippen molar-refractivity contribution in [2.45, 2.75) is 17.2 Å². The van der Waals surface area contributed by atoms with Crippen LogP contribution in [0.2, 0.25) is 0 Å². The van der Waals surface area contributed by atoms with Gasteiger partial charge in [-0.3, -0.25) is 4.79 Å². The van der Waals surface area contributed by atoms with E-state index >= 15 is 0 Å². The molecule has 0 aromatic carbocycles. The molecule has 1 aliphatic rings. The van der Waals surface area contributed by atoms with Gasteiger partial charge in [0.05, 0.1) is 0 Å². The van der Waals surface area contributed by atoms with Gasteiger partial charge in [-0.2, -0.15) is 12.6 Å². The molecule has 0 saturated heterocycles. The van der Waals surface area contributed by atoms with Crippen molar-refractivity contribution in [1.29, 1.82) is 0 Å². The minimum absolute atomic E-state index is 0.139. The van der Waals surface area contributed by atoms with Crippen LogP contribution >= 0.6 is 12.6 Å². The summed E-state index contributed by atoms with van der Waals surface area (Å²) >= 11 is 3.89. The van der Waals surface area contributed by atoms with Crippen molar-refractivity contribution in [3.05, 3.63) is 0 Å². The third-order valence-corrected chi connectivity index (χ3v) is 2.01. The highest BCUT2D eigenvalue weighted by molar-refractivity contribution is 7.81. The van der Waals surface area contributed by atoms with E-state index in [4.69, 9.17) is 10.8 Å². The van der Waals surface area contributed by atoms with Gasteiger partial charge in [-0.25, -0.2) is 0 Å². The lowest BCUT2D eigenvalue weighted by Crippen LogP contribution is -2.35. The molecule has 0 aromatic heterocycles. The van der Waals surface area contributed by atoms with E-state index in [0.717, 1.165) is 0 Å². The highest BCUT2D eigenvalue weighted by atomic mass is 32.1. The monoisotopic (exact) mass is 133 g/mol. The number of rotatable bonds is 1. The van der Waals surface area contributed by atoms with Crippen LogP contribution in [0.1, 0.15) is 6.42 Å². The van der Waals surface area contributed by atoms with Crippen LogP contribution in [0, 0.1) is 0 Å². The molecule has 1 rings (SSSR count). The third kappa shape index (κ3) is 0.605. The second-order valence-electron chi connectivity index (χ2n) is 2.07. The van der Waals surface area contributed by atoms with E-state index in [2.05, 4.69) is 12.6 Å². The molecule has 0 heterocycles. The summed E-state index contributed by atoms with van der Waals surface area (Å²) in [7, 11) is 0. The fourth-order valence-corrected chi connectivity index (χ4v) is 0.903. The lowest BCUT2D eigenvalue weighted by atomic mass is 10.3. The standard InChI is InChI=1S/C4H7NO2S/c5-4(3(6)7)1-2(4)8/h2,8H,1,5H2,(H,6,7). The number of nitrogens with two attached hydrogens (primary N) is 1. The highest BCUT2D eigenvalue weighted by Crippen LogP contribution is 2.38. The number of carboxylic acid groups (broad SMARTS) is 1. The van der Waals surface area contributed by atoms with Crippen molar-refractivity contribution in [3.63, 3.8) is 0 Å². The summed E-state index contributed by atoms with van der Waals surface area (Å²) in [6.07, 6.45) is 0.492. The third-order valence-electron chi connectivity index (χ3n) is 1.36. The molecule has 1 saturated carbocycles. The molecule has 8 heavy (non-hydrogen) atoms. The van der Waals surface area contributed by atoms with E-state index in [0.29, 0.717) is 6.42 Å². The topological polar surface area (TPSA) is 63.3 Å². The number of thiol groups is 1. The van der Waals surface area contributed by atoms with Crippen LogP contribution in [0.3, 0.4) is 0 Å². The molecule has 0 amide bonds. The van der Waals surface area contributed by atoms with E-state index in [-0.39, 0.29) is 5.25 Å². The quantitative estimate of drug-likeness (QED) is 0.421. The second-order valence-corrected chi connectivity index (χ2v) is 2.69. The molecule has 1 aliphatic carbocycles. The van der Waals surface area contributed by atoms with Gasteiger partial charge in [0.2, 0.25) is 0 Å². The first-order valence-electron chi connectivity index (χ1n) is 2.28. The first-order chi connectivity index (χ1) is 3.57. The summed E-state index contributed by atoms with van der Waals surface area (Å²) in [5.41, 5.74) is 4.25. The maximum Gasteiger partial charge on any atom is 0.324 e. The molecule has 1 fully saturated rings. The molecule has 3 nitrogen and oxygen atoms in total. The van der Waals surface area contributed by atoms with Gasteiger partial charge in [0.25, 0.3) is 0 Å². The molecule has 0 aliphatic heterocycles. The van der Waals surface area contributed by atoms with Crippen LogP contribution in [0.25, 0.3) is 0 Å². The van der Waals surface area contributed by atoms with Crippen molar-refractivity contribution >= 4 is 18.6 Å². The van der Waals surface area contributed by atoms with Crippen LogP contribution in [-0.4, -0.2) is 21.9 Å². The lowest BCUT2D eigenvalue weighted by molar-refractivity contribution is -0.139. The zero-order valence-electron chi connectivity index (χ0n) is 4.16. The normalized spacial score (nSPS) is 44.0. The summed E-state index contributed by atoms with van der Waals surface area (Å²) < 4.78 is 0. The van der Waals surface area contributed by atoms with Gasteiger partial charge in [-0.15, -0.1) is 0 Å². The number of hydrogen-bond donors (Lipinski definition) is 3. The molecule has 46 valence electrons. The Hall–Kier alpha value is -0.220. The van der Waals surface area contributed by atoms with Crippen molar-refractivity contribution in [2.24, 2.45) is 5.73 Å². The molecule has 3 N–H and O–H groups in total. The summed E-state index contributed by atoms with van der Waals surface area (Å²) in [6, 6.07) is 0. The summed E-state index contributed by atoms with van der Waals surface area (Å²) in [5, 5.41) is 8.17. The fraction of sp³-hybridized carbons (Fsp3) is 0.750. The van der Waals surface area contributed by atoms with E-state index in [1.165, 1.54) is 0 Å².